The van der Waals surface area contributed by atoms with E-state index in [0.717, 1.165) is 0 Å². The van der Waals surface area contributed by atoms with Crippen molar-refractivity contribution < 1.29 is 18.0 Å². The van der Waals surface area contributed by atoms with Gasteiger partial charge in [-0.2, -0.15) is 0 Å². The Labute approximate surface area is 106 Å². The third-order valence-corrected chi connectivity index (χ3v) is 2.95. The summed E-state index contributed by atoms with van der Waals surface area (Å²) in [5, 5.41) is 2.62. The standard InChI is InChI=1S/C12H11NO4S/c1-8-2-7-11(17-8)12(14)13-9-3-5-10(6-4-9)18(15)16/h2-7H,1H3,(H,13,14)(H,15,16). The smallest absolute Gasteiger partial charge is 0.291 e. The van der Waals surface area contributed by atoms with Gasteiger partial charge in [0.2, 0.25) is 0 Å². The van der Waals surface area contributed by atoms with Gasteiger partial charge in [-0.15, -0.1) is 0 Å². The summed E-state index contributed by atoms with van der Waals surface area (Å²) in [6.45, 7) is 1.75. The van der Waals surface area contributed by atoms with Crippen molar-refractivity contribution >= 4 is 22.7 Å². The van der Waals surface area contributed by atoms with E-state index in [1.54, 1.807) is 31.2 Å². The van der Waals surface area contributed by atoms with Crippen LogP contribution in [0.1, 0.15) is 16.3 Å². The Bertz CT molecular complexity index is 588. The minimum Gasteiger partial charge on any atom is -0.456 e. The first kappa shape index (κ1) is 12.5. The number of amides is 1. The Morgan fingerprint density at radius 3 is 2.39 bits per heavy atom. The van der Waals surface area contributed by atoms with Crippen LogP contribution in [-0.4, -0.2) is 14.7 Å². The second-order valence-corrected chi connectivity index (χ2v) is 4.61. The largest absolute Gasteiger partial charge is 0.456 e. The lowest BCUT2D eigenvalue weighted by molar-refractivity contribution is 0.0995. The zero-order valence-electron chi connectivity index (χ0n) is 9.54. The lowest BCUT2D eigenvalue weighted by Gasteiger charge is -2.03. The maximum absolute atomic E-state index is 11.7. The highest BCUT2D eigenvalue weighted by Gasteiger charge is 2.10. The van der Waals surface area contributed by atoms with Crippen molar-refractivity contribution in [3.63, 3.8) is 0 Å². The minimum atomic E-state index is -2.01. The molecule has 2 rings (SSSR count). The molecule has 0 saturated heterocycles. The molecule has 0 aliphatic carbocycles. The molecular weight excluding hydrogens is 254 g/mol. The molecule has 5 nitrogen and oxygen atoms in total. The molecule has 1 aromatic carbocycles. The van der Waals surface area contributed by atoms with Gasteiger partial charge in [0.05, 0.1) is 4.90 Å². The van der Waals surface area contributed by atoms with Crippen LogP contribution in [0.25, 0.3) is 0 Å². The number of carbonyl (C=O) groups excluding carboxylic acids is 1. The molecule has 0 radical (unpaired) electrons. The number of benzene rings is 1. The molecule has 0 spiro atoms. The number of aryl methyl sites for hydroxylation is 1. The number of rotatable bonds is 3. The molecule has 0 aliphatic rings. The molecule has 18 heavy (non-hydrogen) atoms. The Morgan fingerprint density at radius 1 is 1.22 bits per heavy atom. The number of hydrogen-bond donors (Lipinski definition) is 2. The molecule has 0 bridgehead atoms. The third-order valence-electron chi connectivity index (χ3n) is 2.28. The van der Waals surface area contributed by atoms with Crippen molar-refractivity contribution in [3.05, 3.63) is 47.9 Å². The number of anilines is 1. The summed E-state index contributed by atoms with van der Waals surface area (Å²) >= 11 is -2.01. The van der Waals surface area contributed by atoms with E-state index >= 15 is 0 Å². The molecule has 6 heteroatoms. The molecule has 1 aromatic heterocycles. The van der Waals surface area contributed by atoms with Crippen LogP contribution in [0.15, 0.2) is 45.7 Å². The van der Waals surface area contributed by atoms with Gasteiger partial charge >= 0.3 is 0 Å². The van der Waals surface area contributed by atoms with E-state index < -0.39 is 11.1 Å². The lowest BCUT2D eigenvalue weighted by Crippen LogP contribution is -2.10. The fourth-order valence-corrected chi connectivity index (χ4v) is 1.77. The Hall–Kier alpha value is -1.92. The average molecular weight is 265 g/mol. The van der Waals surface area contributed by atoms with E-state index in [2.05, 4.69) is 5.32 Å². The normalized spacial score (nSPS) is 12.1. The predicted octanol–water partition coefficient (Wildman–Crippen LogP) is 2.42. The summed E-state index contributed by atoms with van der Waals surface area (Å²) in [5.74, 6) is 0.523. The molecule has 1 unspecified atom stereocenters. The Kier molecular flexibility index (Phi) is 3.59. The van der Waals surface area contributed by atoms with Crippen LogP contribution in [0.3, 0.4) is 0 Å². The van der Waals surface area contributed by atoms with E-state index in [1.807, 2.05) is 0 Å². The van der Waals surface area contributed by atoms with E-state index in [1.165, 1.54) is 12.1 Å². The second kappa shape index (κ2) is 5.16. The zero-order chi connectivity index (χ0) is 13.1. The summed E-state index contributed by atoms with van der Waals surface area (Å²) in [4.78, 5) is 12.0. The van der Waals surface area contributed by atoms with Crippen molar-refractivity contribution in [2.24, 2.45) is 0 Å². The van der Waals surface area contributed by atoms with Crippen LogP contribution in [0, 0.1) is 6.92 Å². The van der Waals surface area contributed by atoms with Gasteiger partial charge in [-0.1, -0.05) is 0 Å². The Morgan fingerprint density at radius 2 is 1.89 bits per heavy atom. The first-order valence-electron chi connectivity index (χ1n) is 5.15. The van der Waals surface area contributed by atoms with E-state index in [9.17, 15) is 9.00 Å². The van der Waals surface area contributed by atoms with Crippen LogP contribution in [0.4, 0.5) is 5.69 Å². The van der Waals surface area contributed by atoms with Gasteiger partial charge in [0.25, 0.3) is 5.91 Å². The molecule has 0 fully saturated rings. The number of nitrogens with one attached hydrogen (secondary N) is 1. The monoisotopic (exact) mass is 265 g/mol. The third kappa shape index (κ3) is 2.85. The molecule has 1 heterocycles. The van der Waals surface area contributed by atoms with Crippen molar-refractivity contribution in [2.45, 2.75) is 11.8 Å². The first-order chi connectivity index (χ1) is 8.56. The topological polar surface area (TPSA) is 79.5 Å². The summed E-state index contributed by atoms with van der Waals surface area (Å²) < 4.78 is 24.8. The SMILES string of the molecule is Cc1ccc(C(=O)Nc2ccc(S(=O)O)cc2)o1. The van der Waals surface area contributed by atoms with Crippen molar-refractivity contribution in [2.75, 3.05) is 5.32 Å². The second-order valence-electron chi connectivity index (χ2n) is 3.64. The van der Waals surface area contributed by atoms with Crippen LogP contribution in [0.5, 0.6) is 0 Å². The lowest BCUT2D eigenvalue weighted by atomic mass is 10.3. The first-order valence-corrected chi connectivity index (χ1v) is 6.25. The summed E-state index contributed by atoms with van der Waals surface area (Å²) in [6.07, 6.45) is 0. The number of carbonyl (C=O) groups is 1. The molecular formula is C12H11NO4S. The molecule has 0 saturated carbocycles. The fraction of sp³-hybridized carbons (Fsp3) is 0.0833. The van der Waals surface area contributed by atoms with Crippen LogP contribution in [-0.2, 0) is 11.1 Å². The molecule has 0 aliphatic heterocycles. The van der Waals surface area contributed by atoms with Crippen LogP contribution >= 0.6 is 0 Å². The van der Waals surface area contributed by atoms with Gasteiger partial charge in [0.15, 0.2) is 16.8 Å². The average Bonchev–Trinajstić information content (AvgIpc) is 2.76. The minimum absolute atomic E-state index is 0.224. The van der Waals surface area contributed by atoms with E-state index in [0.29, 0.717) is 11.4 Å². The molecule has 1 amide bonds. The highest BCUT2D eigenvalue weighted by Crippen LogP contribution is 2.14. The van der Waals surface area contributed by atoms with Crippen molar-refractivity contribution in [3.8, 4) is 0 Å². The van der Waals surface area contributed by atoms with Crippen molar-refractivity contribution in [1.82, 2.24) is 0 Å². The maximum atomic E-state index is 11.7. The van der Waals surface area contributed by atoms with Gasteiger partial charge in [-0.25, -0.2) is 4.21 Å². The van der Waals surface area contributed by atoms with Crippen molar-refractivity contribution in [1.29, 1.82) is 0 Å². The van der Waals surface area contributed by atoms with Gasteiger partial charge in [0.1, 0.15) is 5.76 Å². The number of hydrogen-bond acceptors (Lipinski definition) is 3. The quantitative estimate of drug-likeness (QED) is 0.835. The maximum Gasteiger partial charge on any atom is 0.291 e. The van der Waals surface area contributed by atoms with Gasteiger partial charge in [-0.3, -0.25) is 4.79 Å². The highest BCUT2D eigenvalue weighted by molar-refractivity contribution is 7.79. The summed E-state index contributed by atoms with van der Waals surface area (Å²) in [5.41, 5.74) is 0.531. The molecule has 94 valence electrons. The van der Waals surface area contributed by atoms with Gasteiger partial charge in [-0.05, 0) is 43.3 Å². The van der Waals surface area contributed by atoms with Crippen LogP contribution in [0.2, 0.25) is 0 Å². The summed E-state index contributed by atoms with van der Waals surface area (Å²) in [6, 6.07) is 9.33. The zero-order valence-corrected chi connectivity index (χ0v) is 10.4. The fourth-order valence-electron chi connectivity index (χ4n) is 1.40. The molecule has 2 N–H and O–H groups in total. The highest BCUT2D eigenvalue weighted by atomic mass is 32.2. The van der Waals surface area contributed by atoms with E-state index in [4.69, 9.17) is 8.97 Å². The summed E-state index contributed by atoms with van der Waals surface area (Å²) in [7, 11) is 0. The molecule has 1 atom stereocenters. The van der Waals surface area contributed by atoms with Gasteiger partial charge < -0.3 is 14.3 Å². The van der Waals surface area contributed by atoms with Gasteiger partial charge in [0, 0.05) is 5.69 Å². The number of furan rings is 1. The Balaban J connectivity index is 2.10. The predicted molar refractivity (Wildman–Crippen MR) is 66.9 cm³/mol. The van der Waals surface area contributed by atoms with E-state index in [-0.39, 0.29) is 16.6 Å². The molecule has 2 aromatic rings. The van der Waals surface area contributed by atoms with Crippen LogP contribution < -0.4 is 5.32 Å².